The zero-order valence-corrected chi connectivity index (χ0v) is 54.6. The summed E-state index contributed by atoms with van der Waals surface area (Å²) in [6.45, 7) is 5.44. The second kappa shape index (κ2) is 28.6. The normalized spacial score (nSPS) is 31.4. The van der Waals surface area contributed by atoms with Crippen LogP contribution in [0.15, 0.2) is 41.4 Å². The standard InChI is InChI=1S/C71H95N5O12S2/c1-43(2)60-38-90-89-37-57-56-32-55-46-13-17-51(81)30-50(80)16-12-45-15-19-61(83)64(87-42-78)53(45)10-7-9-47(29-46)63(65(55)88-66(56)84)86-41-74-71(24-8-11-59(57)75-67(72)76-60)40-69(25-20-49(71)34-70(22-5-6-23-70)62(36-77)85-4)28-27-68(39-69)26-21-58(73-35-44(3)79)54-31-52(82)18-14-48(54)33-68/h14-15,18-19,29,31,43,49,51,56-60,62,66,73-74,77-78,81-84H,5-6,9,12-13,16-17,20-28,30,32-42H2,1-4H3,(H3,72,75,76)/t49-,51+,56-,57-,58-,59+,60+,62+,66-,68-,69-,71+/m0/s1. The van der Waals surface area contributed by atoms with E-state index in [4.69, 9.17) is 29.7 Å². The molecule has 488 valence electrons. The van der Waals surface area contributed by atoms with Gasteiger partial charge in [-0.3, -0.25) is 14.9 Å². The molecule has 9 aliphatic rings. The Kier molecular flexibility index (Phi) is 21.0. The molecule has 11 N–H and O–H groups in total. The Hall–Kier alpha value is -5.19. The molecule has 5 aliphatic carbocycles. The third-order valence-corrected chi connectivity index (χ3v) is 24.5. The number of benzene rings is 3. The number of nitrogens with one attached hydrogen (secondary N) is 3. The van der Waals surface area contributed by atoms with Gasteiger partial charge >= 0.3 is 0 Å². The summed E-state index contributed by atoms with van der Waals surface area (Å²) in [6, 6.07) is 10.4. The summed E-state index contributed by atoms with van der Waals surface area (Å²) in [5.74, 6) is 16.3. The number of aromatic hydroxyl groups is 2. The molecule has 3 aromatic rings. The van der Waals surface area contributed by atoms with Crippen LogP contribution in [-0.2, 0) is 46.4 Å². The van der Waals surface area contributed by atoms with Crippen LogP contribution >= 0.6 is 21.6 Å². The van der Waals surface area contributed by atoms with Crippen molar-refractivity contribution in [2.45, 2.75) is 204 Å². The fraction of sp³-hybridized carbons (Fsp3) is 0.648. The molecular weight excluding hydrogens is 1180 g/mol. The second-order valence-electron chi connectivity index (χ2n) is 28.1. The molecule has 0 radical (unpaired) electrons. The highest BCUT2D eigenvalue weighted by Crippen LogP contribution is 2.65. The number of aryl methyl sites for hydroxylation is 2. The van der Waals surface area contributed by atoms with Crippen LogP contribution < -0.4 is 35.9 Å². The first-order chi connectivity index (χ1) is 43.4. The number of nitrogens with zero attached hydrogens (tertiary/aromatic N) is 1. The van der Waals surface area contributed by atoms with Crippen LogP contribution in [0.3, 0.4) is 0 Å². The van der Waals surface area contributed by atoms with Gasteiger partial charge < -0.3 is 66.0 Å². The summed E-state index contributed by atoms with van der Waals surface area (Å²) in [5, 5.41) is 78.7. The maximum absolute atomic E-state index is 13.6. The maximum atomic E-state index is 13.6. The fourth-order valence-electron chi connectivity index (χ4n) is 17.4. The molecule has 3 aromatic carbocycles. The summed E-state index contributed by atoms with van der Waals surface area (Å²) >= 11 is 0. The number of rotatable bonds is 11. The maximum Gasteiger partial charge on any atom is 0.201 e. The molecule has 17 nitrogen and oxygen atoms in total. The number of carbonyl (C=O) groups excluding carboxylic acids is 2. The van der Waals surface area contributed by atoms with Crippen molar-refractivity contribution in [3.05, 3.63) is 75.3 Å². The second-order valence-corrected chi connectivity index (χ2v) is 30.7. The summed E-state index contributed by atoms with van der Waals surface area (Å²) in [4.78, 5) is 31.1. The van der Waals surface area contributed by atoms with Gasteiger partial charge in [-0.2, -0.15) is 0 Å². The lowest BCUT2D eigenvalue weighted by Crippen LogP contribution is -2.59. The number of aliphatic hydroxyl groups is 4. The Morgan fingerprint density at radius 1 is 0.889 bits per heavy atom. The van der Waals surface area contributed by atoms with Crippen molar-refractivity contribution < 1.29 is 59.2 Å². The van der Waals surface area contributed by atoms with E-state index in [1.165, 1.54) is 11.6 Å². The van der Waals surface area contributed by atoms with Crippen molar-refractivity contribution >= 4 is 39.1 Å². The minimum absolute atomic E-state index is 0.00861. The third kappa shape index (κ3) is 14.5. The minimum Gasteiger partial charge on any atom is -0.508 e. The number of phenols is 2. The van der Waals surface area contributed by atoms with Crippen LogP contribution in [0.1, 0.15) is 175 Å². The molecule has 3 saturated carbocycles. The van der Waals surface area contributed by atoms with Crippen molar-refractivity contribution in [1.29, 1.82) is 0 Å². The van der Waals surface area contributed by atoms with E-state index in [0.717, 1.165) is 112 Å². The van der Waals surface area contributed by atoms with Gasteiger partial charge in [-0.15, -0.1) is 0 Å². The number of phenolic OH excluding ortho intramolecular Hbond substituents is 2. The molecule has 12 atom stereocenters. The molecule has 12 rings (SSSR count). The van der Waals surface area contributed by atoms with Crippen molar-refractivity contribution in [3.8, 4) is 52.4 Å². The lowest BCUT2D eigenvalue weighted by Gasteiger charge is -2.54. The van der Waals surface area contributed by atoms with Crippen molar-refractivity contribution in [1.82, 2.24) is 16.0 Å². The number of fused-ring (bicyclic) bond motifs is 8. The van der Waals surface area contributed by atoms with Gasteiger partial charge in [-0.1, -0.05) is 90.2 Å². The van der Waals surface area contributed by atoms with Gasteiger partial charge in [-0.05, 0) is 178 Å². The first-order valence-electron chi connectivity index (χ1n) is 33.0. The molecule has 0 saturated heterocycles. The Labute approximate surface area is 539 Å². The van der Waals surface area contributed by atoms with E-state index in [-0.39, 0.29) is 133 Å². The number of Topliss-reactive ketones (excluding diaryl/α,β-unsaturated/α-hetero) is 2. The highest BCUT2D eigenvalue weighted by atomic mass is 33.1. The lowest BCUT2D eigenvalue weighted by atomic mass is 9.55. The third-order valence-electron chi connectivity index (χ3n) is 22.0. The summed E-state index contributed by atoms with van der Waals surface area (Å²) in [6.07, 6.45) is 12.7. The van der Waals surface area contributed by atoms with E-state index in [1.807, 2.05) is 6.07 Å². The van der Waals surface area contributed by atoms with Crippen LogP contribution in [0, 0.1) is 63.6 Å². The predicted octanol–water partition coefficient (Wildman–Crippen LogP) is 8.64. The molecule has 0 aromatic heterocycles. The van der Waals surface area contributed by atoms with Gasteiger partial charge in [0.05, 0.1) is 43.0 Å². The van der Waals surface area contributed by atoms with E-state index in [1.54, 1.807) is 47.8 Å². The average molecular weight is 1270 g/mol. The van der Waals surface area contributed by atoms with Gasteiger partial charge in [0.15, 0.2) is 35.8 Å². The Balaban J connectivity index is 1.06. The quantitative estimate of drug-likeness (QED) is 0.0489. The van der Waals surface area contributed by atoms with Gasteiger partial charge in [0.2, 0.25) is 6.29 Å². The molecule has 90 heavy (non-hydrogen) atoms. The molecule has 4 aliphatic heterocycles. The number of hydrogen-bond acceptors (Lipinski definition) is 19. The predicted molar refractivity (Wildman–Crippen MR) is 350 cm³/mol. The fourth-order valence-corrected chi connectivity index (χ4v) is 20.2. The van der Waals surface area contributed by atoms with E-state index < -0.39 is 36.7 Å². The van der Waals surface area contributed by atoms with E-state index in [2.05, 4.69) is 65.6 Å². The van der Waals surface area contributed by atoms with Crippen molar-refractivity contribution in [2.24, 2.45) is 50.6 Å². The topological polar surface area (TPSA) is 267 Å². The summed E-state index contributed by atoms with van der Waals surface area (Å²) < 4.78 is 26.1. The smallest absolute Gasteiger partial charge is 0.201 e. The van der Waals surface area contributed by atoms with Crippen molar-refractivity contribution in [2.75, 3.05) is 45.3 Å². The Morgan fingerprint density at radius 2 is 1.68 bits per heavy atom. The highest BCUT2D eigenvalue weighted by Gasteiger charge is 2.58. The zero-order valence-electron chi connectivity index (χ0n) is 53.0. The SMILES string of the molecule is CO[C@H](CO)C1(C[C@@H]2CC[C@@]3(CC[C@]4(CC[C@H](NCC(C)=O)c5cc(O)ccc5C4)C3)C[C@]23CC#C[C@H]2NC(N)=N[C@@H](C(C)C)CSSC[C@H]2[C@@H]2Cc4c5cc(c(c4O[C@@H]2O)OCN3)CC#Cc2c(ccc(O)c2OCO)CCC(=O)C[C@H](O)CC5)CCCC1. The van der Waals surface area contributed by atoms with Gasteiger partial charge in [0, 0.05) is 78.8 Å². The van der Waals surface area contributed by atoms with Crippen LogP contribution in [0.4, 0.5) is 0 Å². The number of ether oxygens (including phenoxy) is 4. The number of aliphatic hydroxyl groups excluding tert-OH is 4. The molecular formula is C71H95N5O12S2. The number of guanidine groups is 1. The van der Waals surface area contributed by atoms with E-state index in [9.17, 15) is 40.2 Å². The first-order valence-corrected chi connectivity index (χ1v) is 35.5. The molecule has 3 spiro atoms. The Bertz CT molecular complexity index is 3260. The Morgan fingerprint density at radius 3 is 2.46 bits per heavy atom. The average Bonchev–Trinajstić information content (AvgIpc) is 1.53. The molecule has 0 unspecified atom stereocenters. The van der Waals surface area contributed by atoms with Crippen LogP contribution in [0.5, 0.6) is 28.7 Å². The number of nitrogens with two attached hydrogens (primary N) is 1. The number of hydrogen-bond donors (Lipinski definition) is 10. The van der Waals surface area contributed by atoms with E-state index >= 15 is 0 Å². The van der Waals surface area contributed by atoms with Crippen LogP contribution in [-0.4, -0.2) is 130 Å². The van der Waals surface area contributed by atoms with E-state index in [0.29, 0.717) is 59.2 Å². The number of aliphatic imine (C=N–C) groups is 1. The largest absolute Gasteiger partial charge is 0.508 e. The molecule has 6 bridgehead atoms. The number of methoxy groups -OCH3 is 1. The van der Waals surface area contributed by atoms with Gasteiger partial charge in [0.25, 0.3) is 0 Å². The highest BCUT2D eigenvalue weighted by molar-refractivity contribution is 8.76. The van der Waals surface area contributed by atoms with Crippen LogP contribution in [0.25, 0.3) is 0 Å². The first kappa shape index (κ1) is 66.3. The van der Waals surface area contributed by atoms with Crippen LogP contribution in [0.2, 0.25) is 0 Å². The molecule has 3 fully saturated rings. The monoisotopic (exact) mass is 1270 g/mol. The summed E-state index contributed by atoms with van der Waals surface area (Å²) in [7, 11) is 5.23. The van der Waals surface area contributed by atoms with Crippen molar-refractivity contribution in [3.63, 3.8) is 0 Å². The van der Waals surface area contributed by atoms with Gasteiger partial charge in [-0.25, -0.2) is 4.99 Å². The van der Waals surface area contributed by atoms with Gasteiger partial charge in [0.1, 0.15) is 24.0 Å². The molecule has 0 amide bonds. The lowest BCUT2D eigenvalue weighted by molar-refractivity contribution is -0.121. The zero-order chi connectivity index (χ0) is 63.4. The summed E-state index contributed by atoms with van der Waals surface area (Å²) in [5.41, 5.74) is 11.6. The molecule has 19 heteroatoms. The minimum atomic E-state index is -1.30. The molecule has 4 heterocycles. The number of carbonyl (C=O) groups is 2. The number of ketones is 2.